The molecule has 0 radical (unpaired) electrons. The highest BCUT2D eigenvalue weighted by Crippen LogP contribution is 2.43. The third-order valence-electron chi connectivity index (χ3n) is 2.40. The first kappa shape index (κ1) is 7.94. The maximum Gasteiger partial charge on any atom is 0.200 e. The highest BCUT2D eigenvalue weighted by Gasteiger charge is 2.42. The second-order valence-corrected chi connectivity index (χ2v) is 3.79. The Hall–Kier alpha value is -0.680. The standard InChI is InChI=1S/C7H11N3OS/c1-11-7(3-2-4-7)5-9-6(8)12-10-5/h2-4H2,1H3,(H2,8,9,10). The van der Waals surface area contributed by atoms with E-state index in [0.29, 0.717) is 5.13 Å². The summed E-state index contributed by atoms with van der Waals surface area (Å²) in [5.41, 5.74) is 5.28. The molecular formula is C7H11N3OS. The average molecular weight is 185 g/mol. The molecular weight excluding hydrogens is 174 g/mol. The maximum atomic E-state index is 5.50. The fraction of sp³-hybridized carbons (Fsp3) is 0.714. The molecule has 1 fully saturated rings. The van der Waals surface area contributed by atoms with Gasteiger partial charge in [-0.1, -0.05) is 0 Å². The summed E-state index contributed by atoms with van der Waals surface area (Å²) in [7, 11) is 1.70. The fourth-order valence-electron chi connectivity index (χ4n) is 1.44. The lowest BCUT2D eigenvalue weighted by Gasteiger charge is -2.37. The van der Waals surface area contributed by atoms with Crippen LogP contribution in [0.1, 0.15) is 25.1 Å². The monoisotopic (exact) mass is 185 g/mol. The van der Waals surface area contributed by atoms with Crippen LogP contribution in [0.25, 0.3) is 0 Å². The molecule has 0 spiro atoms. The first-order valence-electron chi connectivity index (χ1n) is 3.92. The molecule has 0 amide bonds. The number of nitrogens with zero attached hydrogens (tertiary/aromatic N) is 2. The van der Waals surface area contributed by atoms with E-state index < -0.39 is 0 Å². The summed E-state index contributed by atoms with van der Waals surface area (Å²) < 4.78 is 9.56. The molecule has 1 aliphatic carbocycles. The maximum absolute atomic E-state index is 5.50. The zero-order chi connectivity index (χ0) is 8.60. The molecule has 2 rings (SSSR count). The molecule has 0 aliphatic heterocycles. The van der Waals surface area contributed by atoms with Crippen molar-refractivity contribution in [2.75, 3.05) is 12.8 Å². The minimum Gasteiger partial charge on any atom is -0.374 e. The van der Waals surface area contributed by atoms with Crippen LogP contribution < -0.4 is 5.73 Å². The van der Waals surface area contributed by atoms with Crippen LogP contribution in [0.4, 0.5) is 5.13 Å². The van der Waals surface area contributed by atoms with Crippen molar-refractivity contribution < 1.29 is 4.74 Å². The Morgan fingerprint density at radius 3 is 2.67 bits per heavy atom. The first-order valence-corrected chi connectivity index (χ1v) is 4.69. The number of methoxy groups -OCH3 is 1. The summed E-state index contributed by atoms with van der Waals surface area (Å²) >= 11 is 1.23. The molecule has 1 aliphatic rings. The molecule has 1 aromatic heterocycles. The van der Waals surface area contributed by atoms with Gasteiger partial charge in [0, 0.05) is 18.6 Å². The Kier molecular flexibility index (Phi) is 1.77. The lowest BCUT2D eigenvalue weighted by atomic mass is 9.79. The molecule has 0 aromatic carbocycles. The van der Waals surface area contributed by atoms with E-state index in [1.54, 1.807) is 7.11 Å². The summed E-state index contributed by atoms with van der Waals surface area (Å²) in [6, 6.07) is 0. The van der Waals surface area contributed by atoms with Crippen molar-refractivity contribution in [3.63, 3.8) is 0 Å². The number of rotatable bonds is 2. The van der Waals surface area contributed by atoms with E-state index in [9.17, 15) is 0 Å². The Morgan fingerprint density at radius 1 is 1.58 bits per heavy atom. The van der Waals surface area contributed by atoms with Crippen LogP contribution in [-0.2, 0) is 10.3 Å². The number of nitrogens with two attached hydrogens (primary N) is 1. The van der Waals surface area contributed by atoms with Gasteiger partial charge in [-0.2, -0.15) is 4.37 Å². The predicted octanol–water partition coefficient (Wildman–Crippen LogP) is 1.15. The van der Waals surface area contributed by atoms with Crippen molar-refractivity contribution in [1.82, 2.24) is 9.36 Å². The Bertz CT molecular complexity index is 276. The molecule has 0 saturated heterocycles. The number of aromatic nitrogens is 2. The first-order chi connectivity index (χ1) is 5.77. The summed E-state index contributed by atoms with van der Waals surface area (Å²) in [6.45, 7) is 0. The molecule has 4 nitrogen and oxygen atoms in total. The van der Waals surface area contributed by atoms with E-state index in [1.807, 2.05) is 0 Å². The topological polar surface area (TPSA) is 61.0 Å². The summed E-state index contributed by atoms with van der Waals surface area (Å²) in [5, 5.41) is 0.522. The lowest BCUT2D eigenvalue weighted by Crippen LogP contribution is -2.37. The highest BCUT2D eigenvalue weighted by atomic mass is 32.1. The molecule has 0 bridgehead atoms. The molecule has 0 atom stereocenters. The SMILES string of the molecule is COC1(c2nsc(N)n2)CCC1. The number of anilines is 1. The third kappa shape index (κ3) is 1.01. The summed E-state index contributed by atoms with van der Waals surface area (Å²) in [5.74, 6) is 0.763. The van der Waals surface area contributed by atoms with Crippen LogP contribution in [0.5, 0.6) is 0 Å². The van der Waals surface area contributed by atoms with Crippen LogP contribution in [0.2, 0.25) is 0 Å². The summed E-state index contributed by atoms with van der Waals surface area (Å²) in [4.78, 5) is 4.14. The highest BCUT2D eigenvalue weighted by molar-refractivity contribution is 7.09. The van der Waals surface area contributed by atoms with E-state index in [-0.39, 0.29) is 5.60 Å². The molecule has 1 saturated carbocycles. The van der Waals surface area contributed by atoms with Crippen LogP contribution >= 0.6 is 11.5 Å². The van der Waals surface area contributed by atoms with Crippen molar-refractivity contribution >= 4 is 16.7 Å². The lowest BCUT2D eigenvalue weighted by molar-refractivity contribution is -0.0837. The van der Waals surface area contributed by atoms with Gasteiger partial charge in [-0.05, 0) is 19.3 Å². The van der Waals surface area contributed by atoms with Crippen molar-refractivity contribution in [3.05, 3.63) is 5.82 Å². The minimum atomic E-state index is -0.214. The van der Waals surface area contributed by atoms with Gasteiger partial charge >= 0.3 is 0 Å². The molecule has 0 unspecified atom stereocenters. The summed E-state index contributed by atoms with van der Waals surface area (Å²) in [6.07, 6.45) is 3.21. The van der Waals surface area contributed by atoms with Crippen LogP contribution in [0, 0.1) is 0 Å². The van der Waals surface area contributed by atoms with E-state index in [2.05, 4.69) is 9.36 Å². The van der Waals surface area contributed by atoms with Crippen molar-refractivity contribution in [2.24, 2.45) is 0 Å². The van der Waals surface area contributed by atoms with Gasteiger partial charge in [-0.15, -0.1) is 0 Å². The van der Waals surface area contributed by atoms with Crippen molar-refractivity contribution in [3.8, 4) is 0 Å². The fourth-order valence-corrected chi connectivity index (χ4v) is 1.95. The van der Waals surface area contributed by atoms with E-state index >= 15 is 0 Å². The van der Waals surface area contributed by atoms with Gasteiger partial charge in [0.15, 0.2) is 11.0 Å². The van der Waals surface area contributed by atoms with Crippen LogP contribution in [0.15, 0.2) is 0 Å². The van der Waals surface area contributed by atoms with Crippen molar-refractivity contribution in [1.29, 1.82) is 0 Å². The van der Waals surface area contributed by atoms with E-state index in [4.69, 9.17) is 10.5 Å². The average Bonchev–Trinajstić information content (AvgIpc) is 2.35. The Balaban J connectivity index is 2.27. The van der Waals surface area contributed by atoms with E-state index in [0.717, 1.165) is 18.7 Å². The molecule has 1 aromatic rings. The van der Waals surface area contributed by atoms with Gasteiger partial charge < -0.3 is 10.5 Å². The Morgan fingerprint density at radius 2 is 2.33 bits per heavy atom. The smallest absolute Gasteiger partial charge is 0.200 e. The number of hydrogen-bond acceptors (Lipinski definition) is 5. The number of nitrogen functional groups attached to an aromatic ring is 1. The Labute approximate surface area is 74.9 Å². The van der Waals surface area contributed by atoms with Crippen LogP contribution in [-0.4, -0.2) is 16.5 Å². The molecule has 66 valence electrons. The third-order valence-corrected chi connectivity index (χ3v) is 2.94. The number of ether oxygens (including phenoxy) is 1. The minimum absolute atomic E-state index is 0.214. The molecule has 12 heavy (non-hydrogen) atoms. The predicted molar refractivity (Wildman–Crippen MR) is 46.9 cm³/mol. The van der Waals surface area contributed by atoms with Gasteiger partial charge in [0.2, 0.25) is 0 Å². The molecule has 1 heterocycles. The van der Waals surface area contributed by atoms with Gasteiger partial charge in [-0.3, -0.25) is 0 Å². The quantitative estimate of drug-likeness (QED) is 0.750. The zero-order valence-corrected chi connectivity index (χ0v) is 7.73. The zero-order valence-electron chi connectivity index (χ0n) is 6.91. The second kappa shape index (κ2) is 2.67. The van der Waals surface area contributed by atoms with Gasteiger partial charge in [-0.25, -0.2) is 4.98 Å². The van der Waals surface area contributed by atoms with E-state index in [1.165, 1.54) is 18.0 Å². The van der Waals surface area contributed by atoms with Gasteiger partial charge in [0.25, 0.3) is 0 Å². The van der Waals surface area contributed by atoms with Gasteiger partial charge in [0.1, 0.15) is 5.60 Å². The molecule has 2 N–H and O–H groups in total. The normalized spacial score (nSPS) is 20.4. The second-order valence-electron chi connectivity index (χ2n) is 3.01. The molecule has 5 heteroatoms. The van der Waals surface area contributed by atoms with Crippen molar-refractivity contribution in [2.45, 2.75) is 24.9 Å². The van der Waals surface area contributed by atoms with Gasteiger partial charge in [0.05, 0.1) is 0 Å². The number of hydrogen-bond donors (Lipinski definition) is 1. The largest absolute Gasteiger partial charge is 0.374 e. The van der Waals surface area contributed by atoms with Crippen LogP contribution in [0.3, 0.4) is 0 Å².